The Kier molecular flexibility index (Phi) is 67.3. The first-order valence-electron chi connectivity index (χ1n) is 30.0. The average Bonchev–Trinajstić information content (AvgIpc) is 3.28. The maximum Gasteiger partial charge on any atom is 0.0431 e. The van der Waals surface area contributed by atoms with Gasteiger partial charge in [-0.1, -0.05) is 361 Å². The van der Waals surface area contributed by atoms with E-state index in [1.54, 1.807) is 0 Å². The minimum atomic E-state index is 0.374. The number of aliphatic hydroxyl groups excluding tert-OH is 2. The quantitative estimate of drug-likeness (QED) is 0.0598. The van der Waals surface area contributed by atoms with Gasteiger partial charge < -0.3 is 10.2 Å². The highest BCUT2D eigenvalue weighted by molar-refractivity contribution is 4.54. The van der Waals surface area contributed by atoms with Crippen molar-refractivity contribution in [3.63, 3.8) is 0 Å². The van der Waals surface area contributed by atoms with Crippen molar-refractivity contribution in [2.45, 2.75) is 373 Å². The topological polar surface area (TPSA) is 40.5 Å². The Morgan fingerprint density at radius 3 is 0.290 bits per heavy atom. The molecule has 0 aliphatic carbocycles. The van der Waals surface area contributed by atoms with E-state index in [2.05, 4.69) is 13.8 Å². The molecular formula is C60H124O2. The maximum absolute atomic E-state index is 8.76. The summed E-state index contributed by atoms with van der Waals surface area (Å²) >= 11 is 0. The molecule has 0 saturated heterocycles. The summed E-state index contributed by atoms with van der Waals surface area (Å²) in [6.45, 7) is 5.35. The molecule has 2 N–H and O–H groups in total. The van der Waals surface area contributed by atoms with Crippen molar-refractivity contribution < 1.29 is 10.2 Å². The third kappa shape index (κ3) is 66.5. The van der Waals surface area contributed by atoms with Crippen LogP contribution in [0.2, 0.25) is 0 Å². The second-order valence-corrected chi connectivity index (χ2v) is 20.5. The molecule has 0 bridgehead atoms. The van der Waals surface area contributed by atoms with E-state index in [1.165, 1.54) is 347 Å². The lowest BCUT2D eigenvalue weighted by Crippen LogP contribution is -1.85. The lowest BCUT2D eigenvalue weighted by atomic mass is 10.0. The molecule has 0 heterocycles. The first kappa shape index (κ1) is 64.0. The van der Waals surface area contributed by atoms with Crippen LogP contribution in [0.25, 0.3) is 0 Å². The predicted octanol–water partition coefficient (Wildman–Crippen LogP) is 21.8. The lowest BCUT2D eigenvalue weighted by molar-refractivity contribution is 0.282. The van der Waals surface area contributed by atoms with E-state index >= 15 is 0 Å². The van der Waals surface area contributed by atoms with E-state index in [9.17, 15) is 0 Å². The molecule has 0 atom stereocenters. The van der Waals surface area contributed by atoms with Crippen molar-refractivity contribution in [2.75, 3.05) is 13.2 Å². The van der Waals surface area contributed by atoms with Crippen LogP contribution in [0, 0.1) is 0 Å². The average molecular weight is 878 g/mol. The zero-order chi connectivity index (χ0) is 45.0. The summed E-state index contributed by atoms with van der Waals surface area (Å²) < 4.78 is 0. The van der Waals surface area contributed by atoms with Gasteiger partial charge >= 0.3 is 0 Å². The highest BCUT2D eigenvalue weighted by Gasteiger charge is 1.99. The van der Waals surface area contributed by atoms with E-state index in [0.29, 0.717) is 13.2 Å². The SMILES string of the molecule is CCCCCCCCCCCCCCCCCCCCCCCCCCCCCCO.CCCCCCCCCCCCCCCCCCCCCCCCCCCCCCO. The molecule has 0 aliphatic heterocycles. The summed E-state index contributed by atoms with van der Waals surface area (Å²) in [6.07, 6.45) is 80.1. The molecule has 0 aliphatic rings. The molecule has 0 spiro atoms. The van der Waals surface area contributed by atoms with Crippen LogP contribution < -0.4 is 0 Å². The summed E-state index contributed by atoms with van der Waals surface area (Å²) in [6, 6.07) is 0. The maximum atomic E-state index is 8.76. The first-order chi connectivity index (χ1) is 30.8. The van der Waals surface area contributed by atoms with Crippen molar-refractivity contribution in [2.24, 2.45) is 0 Å². The van der Waals surface area contributed by atoms with Crippen LogP contribution in [0.1, 0.15) is 373 Å². The van der Waals surface area contributed by atoms with Gasteiger partial charge in [-0.2, -0.15) is 0 Å². The second kappa shape index (κ2) is 65.2. The van der Waals surface area contributed by atoms with Crippen LogP contribution in [-0.2, 0) is 0 Å². The summed E-state index contributed by atoms with van der Waals surface area (Å²) in [7, 11) is 0. The zero-order valence-electron chi connectivity index (χ0n) is 43.9. The fourth-order valence-corrected chi connectivity index (χ4v) is 9.56. The third-order valence-electron chi connectivity index (χ3n) is 14.0. The summed E-state index contributed by atoms with van der Waals surface area (Å²) in [5.41, 5.74) is 0. The molecule has 0 rings (SSSR count). The molecule has 0 aromatic carbocycles. The van der Waals surface area contributed by atoms with Crippen LogP contribution in [0.15, 0.2) is 0 Å². The Hall–Kier alpha value is -0.0800. The molecule has 0 saturated carbocycles. The Bertz CT molecular complexity index is 578. The minimum Gasteiger partial charge on any atom is -0.396 e. The highest BCUT2D eigenvalue weighted by Crippen LogP contribution is 2.18. The summed E-state index contributed by atoms with van der Waals surface area (Å²) in [5.74, 6) is 0. The molecular weight excluding hydrogens is 753 g/mol. The normalized spacial score (nSPS) is 11.4. The predicted molar refractivity (Wildman–Crippen MR) is 284 cm³/mol. The molecule has 0 fully saturated rings. The molecule has 2 heteroatoms. The molecule has 376 valence electrons. The third-order valence-corrected chi connectivity index (χ3v) is 14.0. The molecule has 0 amide bonds. The van der Waals surface area contributed by atoms with Gasteiger partial charge in [-0.05, 0) is 12.8 Å². The summed E-state index contributed by atoms with van der Waals surface area (Å²) in [4.78, 5) is 0. The van der Waals surface area contributed by atoms with Gasteiger partial charge in [0.15, 0.2) is 0 Å². The molecule has 0 aromatic heterocycles. The van der Waals surface area contributed by atoms with Gasteiger partial charge in [0.05, 0.1) is 0 Å². The lowest BCUT2D eigenvalue weighted by Gasteiger charge is -2.04. The molecule has 0 radical (unpaired) electrons. The van der Waals surface area contributed by atoms with Gasteiger partial charge in [0.25, 0.3) is 0 Å². The van der Waals surface area contributed by atoms with E-state index in [0.717, 1.165) is 12.8 Å². The van der Waals surface area contributed by atoms with Gasteiger partial charge in [-0.15, -0.1) is 0 Å². The Labute approximate surface area is 395 Å². The van der Waals surface area contributed by atoms with Crippen molar-refractivity contribution in [3.8, 4) is 0 Å². The van der Waals surface area contributed by atoms with Crippen LogP contribution in [-0.4, -0.2) is 23.4 Å². The fourth-order valence-electron chi connectivity index (χ4n) is 9.56. The van der Waals surface area contributed by atoms with E-state index in [4.69, 9.17) is 10.2 Å². The van der Waals surface area contributed by atoms with Crippen LogP contribution in [0.5, 0.6) is 0 Å². The molecule has 62 heavy (non-hydrogen) atoms. The Morgan fingerprint density at radius 1 is 0.129 bits per heavy atom. The van der Waals surface area contributed by atoms with Gasteiger partial charge in [-0.3, -0.25) is 0 Å². The van der Waals surface area contributed by atoms with Crippen LogP contribution in [0.4, 0.5) is 0 Å². The van der Waals surface area contributed by atoms with E-state index in [1.807, 2.05) is 0 Å². The minimum absolute atomic E-state index is 0.374. The summed E-state index contributed by atoms with van der Waals surface area (Å²) in [5, 5.41) is 17.5. The Morgan fingerprint density at radius 2 is 0.210 bits per heavy atom. The van der Waals surface area contributed by atoms with Gasteiger partial charge in [-0.25, -0.2) is 0 Å². The van der Waals surface area contributed by atoms with Crippen molar-refractivity contribution >= 4 is 0 Å². The first-order valence-corrected chi connectivity index (χ1v) is 30.0. The van der Waals surface area contributed by atoms with Crippen LogP contribution in [0.3, 0.4) is 0 Å². The standard InChI is InChI=1S/2C30H62O/c2*1-2-3-4-5-6-7-8-9-10-11-12-13-14-15-16-17-18-19-20-21-22-23-24-25-26-27-28-29-30-31/h2*31H,2-30H2,1H3. The molecule has 2 nitrogen and oxygen atoms in total. The molecule has 0 aromatic rings. The van der Waals surface area contributed by atoms with Crippen molar-refractivity contribution in [1.29, 1.82) is 0 Å². The number of rotatable bonds is 56. The number of unbranched alkanes of at least 4 members (excludes halogenated alkanes) is 54. The Balaban J connectivity index is 0. The largest absolute Gasteiger partial charge is 0.396 e. The number of aliphatic hydroxyl groups is 2. The van der Waals surface area contributed by atoms with Crippen molar-refractivity contribution in [1.82, 2.24) is 0 Å². The fraction of sp³-hybridized carbons (Fsp3) is 1.00. The monoisotopic (exact) mass is 877 g/mol. The zero-order valence-corrected chi connectivity index (χ0v) is 43.9. The molecule has 0 unspecified atom stereocenters. The highest BCUT2D eigenvalue weighted by atomic mass is 16.3. The van der Waals surface area contributed by atoms with E-state index in [-0.39, 0.29) is 0 Å². The van der Waals surface area contributed by atoms with Crippen molar-refractivity contribution in [3.05, 3.63) is 0 Å². The smallest absolute Gasteiger partial charge is 0.0431 e. The van der Waals surface area contributed by atoms with E-state index < -0.39 is 0 Å². The van der Waals surface area contributed by atoms with Gasteiger partial charge in [0, 0.05) is 13.2 Å². The van der Waals surface area contributed by atoms with Gasteiger partial charge in [0.1, 0.15) is 0 Å². The van der Waals surface area contributed by atoms with Gasteiger partial charge in [0.2, 0.25) is 0 Å². The number of hydrogen-bond donors (Lipinski definition) is 2. The number of hydrogen-bond acceptors (Lipinski definition) is 2. The van der Waals surface area contributed by atoms with Crippen LogP contribution >= 0.6 is 0 Å². The second-order valence-electron chi connectivity index (χ2n) is 20.5.